The molecule has 0 bridgehead atoms. The summed E-state index contributed by atoms with van der Waals surface area (Å²) < 4.78 is 0. The number of likely N-dealkylation sites (N-methyl/N-ethyl adjacent to an activating group) is 1. The third-order valence-corrected chi connectivity index (χ3v) is 5.32. The Bertz CT molecular complexity index is 710. The van der Waals surface area contributed by atoms with Gasteiger partial charge < -0.3 is 20.0 Å². The Hall–Kier alpha value is -2.83. The van der Waals surface area contributed by atoms with E-state index in [2.05, 4.69) is 11.9 Å². The first-order valence-electron chi connectivity index (χ1n) is 9.49. The Labute approximate surface area is 167 Å². The summed E-state index contributed by atoms with van der Waals surface area (Å²) in [4.78, 5) is 41.9. The Balaban J connectivity index is 2.14. The zero-order valence-electron chi connectivity index (χ0n) is 17.0. The van der Waals surface area contributed by atoms with Crippen LogP contribution in [-0.4, -0.2) is 79.9 Å². The predicted octanol–water partition coefficient (Wildman–Crippen LogP) is 1.46. The summed E-state index contributed by atoms with van der Waals surface area (Å²) in [6, 6.07) is 9.56. The van der Waals surface area contributed by atoms with Crippen LogP contribution in [-0.2, 0) is 15.0 Å². The van der Waals surface area contributed by atoms with Gasteiger partial charge >= 0.3 is 6.03 Å². The van der Waals surface area contributed by atoms with Gasteiger partial charge in [-0.25, -0.2) is 4.79 Å². The Morgan fingerprint density at radius 1 is 1.14 bits per heavy atom. The third-order valence-electron chi connectivity index (χ3n) is 5.32. The number of likely N-dealkylation sites (tertiary alicyclic amines) is 1. The summed E-state index contributed by atoms with van der Waals surface area (Å²) >= 11 is 0. The van der Waals surface area contributed by atoms with E-state index < -0.39 is 5.41 Å². The first kappa shape index (κ1) is 21.5. The van der Waals surface area contributed by atoms with Crippen LogP contribution < -0.4 is 5.32 Å². The summed E-state index contributed by atoms with van der Waals surface area (Å²) in [7, 11) is 5.11. The maximum Gasteiger partial charge on any atom is 0.316 e. The summed E-state index contributed by atoms with van der Waals surface area (Å²) in [5.74, 6) is -0.0858. The van der Waals surface area contributed by atoms with E-state index in [-0.39, 0.29) is 17.8 Å². The lowest BCUT2D eigenvalue weighted by Gasteiger charge is -2.42. The molecule has 1 aromatic rings. The fourth-order valence-corrected chi connectivity index (χ4v) is 3.58. The van der Waals surface area contributed by atoms with E-state index in [4.69, 9.17) is 0 Å². The Morgan fingerprint density at radius 2 is 1.75 bits per heavy atom. The van der Waals surface area contributed by atoms with Gasteiger partial charge in [-0.1, -0.05) is 36.9 Å². The Kier molecular flexibility index (Phi) is 7.20. The van der Waals surface area contributed by atoms with E-state index in [0.29, 0.717) is 39.0 Å². The van der Waals surface area contributed by atoms with Gasteiger partial charge in [0.25, 0.3) is 0 Å². The zero-order chi connectivity index (χ0) is 20.7. The minimum Gasteiger partial charge on any atom is -0.343 e. The molecule has 1 aliphatic rings. The van der Waals surface area contributed by atoms with Crippen molar-refractivity contribution >= 4 is 17.8 Å². The van der Waals surface area contributed by atoms with Crippen molar-refractivity contribution in [3.63, 3.8) is 0 Å². The molecule has 4 amide bonds. The van der Waals surface area contributed by atoms with Crippen LogP contribution in [0.4, 0.5) is 4.79 Å². The molecule has 0 radical (unpaired) electrons. The van der Waals surface area contributed by atoms with Crippen molar-refractivity contribution in [2.45, 2.75) is 18.3 Å². The molecule has 28 heavy (non-hydrogen) atoms. The quantitative estimate of drug-likeness (QED) is 0.753. The van der Waals surface area contributed by atoms with Gasteiger partial charge in [0.15, 0.2) is 0 Å². The first-order valence-corrected chi connectivity index (χ1v) is 9.49. The highest BCUT2D eigenvalue weighted by Crippen LogP contribution is 2.37. The monoisotopic (exact) mass is 386 g/mol. The van der Waals surface area contributed by atoms with Gasteiger partial charge in [0.1, 0.15) is 0 Å². The van der Waals surface area contributed by atoms with Crippen LogP contribution >= 0.6 is 0 Å². The number of rotatable bonds is 6. The van der Waals surface area contributed by atoms with E-state index in [9.17, 15) is 14.4 Å². The molecule has 0 aliphatic carbocycles. The van der Waals surface area contributed by atoms with Gasteiger partial charge in [-0.15, -0.1) is 0 Å². The van der Waals surface area contributed by atoms with Gasteiger partial charge in [-0.05, 0) is 24.5 Å². The summed E-state index contributed by atoms with van der Waals surface area (Å²) in [5, 5.41) is 2.78. The maximum absolute atomic E-state index is 13.5. The zero-order valence-corrected chi connectivity index (χ0v) is 17.0. The number of hydrogen-bond acceptors (Lipinski definition) is 3. The van der Waals surface area contributed by atoms with E-state index in [1.165, 1.54) is 11.0 Å². The van der Waals surface area contributed by atoms with E-state index >= 15 is 0 Å². The molecule has 7 heteroatoms. The van der Waals surface area contributed by atoms with Gasteiger partial charge in [0.2, 0.25) is 11.8 Å². The lowest BCUT2D eigenvalue weighted by molar-refractivity contribution is -0.140. The van der Waals surface area contributed by atoms with E-state index in [1.807, 2.05) is 30.3 Å². The van der Waals surface area contributed by atoms with Crippen molar-refractivity contribution in [2.75, 3.05) is 47.3 Å². The molecule has 0 saturated carbocycles. The second kappa shape index (κ2) is 9.39. The second-order valence-corrected chi connectivity index (χ2v) is 7.33. The lowest BCUT2D eigenvalue weighted by atomic mass is 9.71. The summed E-state index contributed by atoms with van der Waals surface area (Å²) in [5.41, 5.74) is 0.300. The lowest BCUT2D eigenvalue weighted by Crippen LogP contribution is -2.54. The molecule has 0 aromatic heterocycles. The van der Waals surface area contributed by atoms with Gasteiger partial charge in [-0.2, -0.15) is 0 Å². The molecule has 1 fully saturated rings. The summed E-state index contributed by atoms with van der Waals surface area (Å²) in [6.07, 6.45) is 2.44. The molecule has 1 aromatic carbocycles. The maximum atomic E-state index is 13.5. The first-order chi connectivity index (χ1) is 13.3. The molecule has 2 rings (SSSR count). The minimum atomic E-state index is -0.667. The highest BCUT2D eigenvalue weighted by atomic mass is 16.2. The molecule has 0 atom stereocenters. The second-order valence-electron chi connectivity index (χ2n) is 7.33. The fourth-order valence-electron chi connectivity index (χ4n) is 3.58. The number of carbonyl (C=O) groups excluding carboxylic acids is 3. The molecule has 152 valence electrons. The largest absolute Gasteiger partial charge is 0.343 e. The fraction of sp³-hybridized carbons (Fsp3) is 0.476. The van der Waals surface area contributed by atoms with Gasteiger partial charge in [0.05, 0.1) is 5.41 Å². The van der Waals surface area contributed by atoms with Crippen LogP contribution in [0, 0.1) is 0 Å². The summed E-state index contributed by atoms with van der Waals surface area (Å²) in [6.45, 7) is 5.37. The van der Waals surface area contributed by atoms with Crippen LogP contribution in [0.1, 0.15) is 18.4 Å². The van der Waals surface area contributed by atoms with E-state index in [1.54, 1.807) is 30.9 Å². The van der Waals surface area contributed by atoms with Gasteiger partial charge in [-0.3, -0.25) is 9.59 Å². The van der Waals surface area contributed by atoms with Crippen LogP contribution in [0.3, 0.4) is 0 Å². The number of carbonyl (C=O) groups is 3. The molecule has 1 aliphatic heterocycles. The topological polar surface area (TPSA) is 73.0 Å². The minimum absolute atomic E-state index is 0.0171. The van der Waals surface area contributed by atoms with Crippen molar-refractivity contribution in [3.05, 3.63) is 48.6 Å². The number of urea groups is 1. The van der Waals surface area contributed by atoms with Crippen molar-refractivity contribution < 1.29 is 14.4 Å². The number of benzene rings is 1. The standard InChI is InChI=1S/C21H30N4O3/c1-5-18(26)25-14-11-21(12-15-25,17-9-7-6-8-10-17)19(27)24(4)16-13-22-20(28)23(2)3/h5-10H,1,11-16H2,2-4H3,(H,22,28). The number of nitrogens with zero attached hydrogens (tertiary/aromatic N) is 3. The molecule has 1 N–H and O–H groups in total. The van der Waals surface area contributed by atoms with Gasteiger partial charge in [0, 0.05) is 47.3 Å². The third kappa shape index (κ3) is 4.71. The SMILES string of the molecule is C=CC(=O)N1CCC(C(=O)N(C)CCNC(=O)N(C)C)(c2ccccc2)CC1. The molecular weight excluding hydrogens is 356 g/mol. The molecule has 1 heterocycles. The highest BCUT2D eigenvalue weighted by molar-refractivity contribution is 5.90. The number of nitrogens with one attached hydrogen (secondary N) is 1. The van der Waals surface area contributed by atoms with Crippen molar-refractivity contribution in [1.29, 1.82) is 0 Å². The van der Waals surface area contributed by atoms with Crippen LogP contribution in [0.2, 0.25) is 0 Å². The molecule has 0 spiro atoms. The molecule has 7 nitrogen and oxygen atoms in total. The van der Waals surface area contributed by atoms with Crippen LogP contribution in [0.25, 0.3) is 0 Å². The number of piperidine rings is 1. The average molecular weight is 386 g/mol. The predicted molar refractivity (Wildman–Crippen MR) is 109 cm³/mol. The highest BCUT2D eigenvalue weighted by Gasteiger charge is 2.44. The van der Waals surface area contributed by atoms with Crippen LogP contribution in [0.15, 0.2) is 43.0 Å². The smallest absolute Gasteiger partial charge is 0.316 e. The average Bonchev–Trinajstić information content (AvgIpc) is 2.73. The molecule has 0 unspecified atom stereocenters. The van der Waals surface area contributed by atoms with Crippen molar-refractivity contribution in [3.8, 4) is 0 Å². The van der Waals surface area contributed by atoms with Crippen LogP contribution in [0.5, 0.6) is 0 Å². The van der Waals surface area contributed by atoms with E-state index in [0.717, 1.165) is 5.56 Å². The normalized spacial score (nSPS) is 15.5. The van der Waals surface area contributed by atoms with Crippen molar-refractivity contribution in [1.82, 2.24) is 20.0 Å². The van der Waals surface area contributed by atoms with Crippen molar-refractivity contribution in [2.24, 2.45) is 0 Å². The Morgan fingerprint density at radius 3 is 2.29 bits per heavy atom. The number of hydrogen-bond donors (Lipinski definition) is 1. The molecule has 1 saturated heterocycles. The number of amides is 4. The molecular formula is C21H30N4O3.